The molecule has 10 heteroatoms. The number of carbonyl (C=O) groups is 1. The molecule has 0 spiro atoms. The molecule has 0 aliphatic carbocycles. The molecule has 2 aromatic carbocycles. The van der Waals surface area contributed by atoms with Crippen molar-refractivity contribution in [1.29, 1.82) is 0 Å². The van der Waals surface area contributed by atoms with Gasteiger partial charge in [-0.1, -0.05) is 11.6 Å². The largest absolute Gasteiger partial charge is 0.379 e. The Hall–Kier alpha value is -1.65. The molecule has 0 unspecified atom stereocenters. The highest BCUT2D eigenvalue weighted by molar-refractivity contribution is 8.00. The molecule has 0 aromatic heterocycles. The van der Waals surface area contributed by atoms with Gasteiger partial charge in [0.2, 0.25) is 15.9 Å². The van der Waals surface area contributed by atoms with Crippen molar-refractivity contribution in [3.63, 3.8) is 0 Å². The SMILES string of the molecule is O=C(CSc1ccc(F)cc1)Nc1ccc(Cl)c(S(=O)(=O)N2CCOCC2)c1. The second kappa shape index (κ2) is 9.23. The van der Waals surface area contributed by atoms with Gasteiger partial charge in [-0.25, -0.2) is 12.8 Å². The summed E-state index contributed by atoms with van der Waals surface area (Å²) in [5.41, 5.74) is 0.334. The number of benzene rings is 2. The maximum absolute atomic E-state index is 12.9. The van der Waals surface area contributed by atoms with Crippen molar-refractivity contribution < 1.29 is 22.3 Å². The first-order valence-corrected chi connectivity index (χ1v) is 11.2. The van der Waals surface area contributed by atoms with Crippen molar-refractivity contribution in [1.82, 2.24) is 4.31 Å². The highest BCUT2D eigenvalue weighted by atomic mass is 35.5. The van der Waals surface area contributed by atoms with E-state index in [0.29, 0.717) is 18.9 Å². The van der Waals surface area contributed by atoms with Crippen LogP contribution in [0.3, 0.4) is 0 Å². The topological polar surface area (TPSA) is 75.7 Å². The number of nitrogens with one attached hydrogen (secondary N) is 1. The number of amides is 1. The Morgan fingerprint density at radius 3 is 2.54 bits per heavy atom. The molecule has 1 saturated heterocycles. The van der Waals surface area contributed by atoms with Crippen molar-refractivity contribution in [2.24, 2.45) is 0 Å². The molecule has 2 aromatic rings. The quantitative estimate of drug-likeness (QED) is 0.692. The number of morpholine rings is 1. The van der Waals surface area contributed by atoms with E-state index in [1.807, 2.05) is 0 Å². The van der Waals surface area contributed by atoms with Crippen LogP contribution in [0.15, 0.2) is 52.3 Å². The van der Waals surface area contributed by atoms with E-state index in [2.05, 4.69) is 5.32 Å². The third kappa shape index (κ3) is 5.24. The summed E-state index contributed by atoms with van der Waals surface area (Å²) in [5.74, 6) is -0.560. The third-order valence-electron chi connectivity index (χ3n) is 3.99. The molecule has 0 atom stereocenters. The van der Waals surface area contributed by atoms with Gasteiger partial charge in [-0.15, -0.1) is 11.8 Å². The van der Waals surface area contributed by atoms with E-state index in [1.165, 1.54) is 40.3 Å². The van der Waals surface area contributed by atoms with Crippen LogP contribution < -0.4 is 5.32 Å². The van der Waals surface area contributed by atoms with Crippen molar-refractivity contribution in [3.8, 4) is 0 Å². The molecule has 0 bridgehead atoms. The van der Waals surface area contributed by atoms with Gasteiger partial charge in [0.15, 0.2) is 0 Å². The van der Waals surface area contributed by atoms with E-state index in [9.17, 15) is 17.6 Å². The molecule has 1 fully saturated rings. The van der Waals surface area contributed by atoms with Crippen LogP contribution in [-0.4, -0.2) is 50.7 Å². The lowest BCUT2D eigenvalue weighted by molar-refractivity contribution is -0.113. The van der Waals surface area contributed by atoms with Gasteiger partial charge in [-0.3, -0.25) is 4.79 Å². The van der Waals surface area contributed by atoms with Gasteiger partial charge in [0.1, 0.15) is 10.7 Å². The zero-order chi connectivity index (χ0) is 20.1. The molecule has 0 radical (unpaired) electrons. The van der Waals surface area contributed by atoms with Gasteiger partial charge in [-0.05, 0) is 42.5 Å². The highest BCUT2D eigenvalue weighted by Crippen LogP contribution is 2.28. The van der Waals surface area contributed by atoms with Crippen molar-refractivity contribution in [2.45, 2.75) is 9.79 Å². The summed E-state index contributed by atoms with van der Waals surface area (Å²) in [5, 5.41) is 2.75. The fourth-order valence-corrected chi connectivity index (χ4v) is 5.19. The van der Waals surface area contributed by atoms with Gasteiger partial charge in [0.05, 0.1) is 24.0 Å². The molecule has 1 N–H and O–H groups in total. The number of hydrogen-bond donors (Lipinski definition) is 1. The monoisotopic (exact) mass is 444 g/mol. The number of rotatable bonds is 6. The van der Waals surface area contributed by atoms with Crippen LogP contribution in [0.4, 0.5) is 10.1 Å². The lowest BCUT2D eigenvalue weighted by Crippen LogP contribution is -2.40. The van der Waals surface area contributed by atoms with E-state index < -0.39 is 10.0 Å². The van der Waals surface area contributed by atoms with E-state index in [1.54, 1.807) is 18.2 Å². The van der Waals surface area contributed by atoms with E-state index in [-0.39, 0.29) is 40.5 Å². The molecule has 1 amide bonds. The number of nitrogens with zero attached hydrogens (tertiary/aromatic N) is 1. The second-order valence-electron chi connectivity index (χ2n) is 5.95. The number of sulfonamides is 1. The van der Waals surface area contributed by atoms with Crippen molar-refractivity contribution >= 4 is 45.0 Å². The number of ether oxygens (including phenoxy) is 1. The molecular weight excluding hydrogens is 427 g/mol. The fourth-order valence-electron chi connectivity index (χ4n) is 2.58. The Kier molecular flexibility index (Phi) is 6.95. The summed E-state index contributed by atoms with van der Waals surface area (Å²) < 4.78 is 45.1. The number of halogens is 2. The number of thioether (sulfide) groups is 1. The van der Waals surface area contributed by atoms with Crippen LogP contribution in [0.5, 0.6) is 0 Å². The van der Waals surface area contributed by atoms with Gasteiger partial charge in [-0.2, -0.15) is 4.31 Å². The summed E-state index contributed by atoms with van der Waals surface area (Å²) in [6, 6.07) is 10.2. The van der Waals surface area contributed by atoms with Crippen LogP contribution in [-0.2, 0) is 19.6 Å². The van der Waals surface area contributed by atoms with Crippen LogP contribution in [0.2, 0.25) is 5.02 Å². The zero-order valence-electron chi connectivity index (χ0n) is 14.7. The maximum atomic E-state index is 12.9. The van der Waals surface area contributed by atoms with E-state index >= 15 is 0 Å². The predicted molar refractivity (Wildman–Crippen MR) is 107 cm³/mol. The summed E-state index contributed by atoms with van der Waals surface area (Å²) >= 11 is 7.35. The average Bonchev–Trinajstić information content (AvgIpc) is 2.69. The van der Waals surface area contributed by atoms with Crippen LogP contribution in [0, 0.1) is 5.82 Å². The predicted octanol–water partition coefficient (Wildman–Crippen LogP) is 3.23. The minimum atomic E-state index is -3.78. The third-order valence-corrected chi connectivity index (χ3v) is 7.38. The molecule has 6 nitrogen and oxygen atoms in total. The molecular formula is C18H18ClFN2O4S2. The number of anilines is 1. The highest BCUT2D eigenvalue weighted by Gasteiger charge is 2.28. The van der Waals surface area contributed by atoms with Gasteiger partial charge >= 0.3 is 0 Å². The molecule has 3 rings (SSSR count). The minimum Gasteiger partial charge on any atom is -0.379 e. The van der Waals surface area contributed by atoms with Crippen LogP contribution in [0.25, 0.3) is 0 Å². The van der Waals surface area contributed by atoms with Gasteiger partial charge in [0, 0.05) is 23.7 Å². The molecule has 0 saturated carbocycles. The molecule has 150 valence electrons. The lowest BCUT2D eigenvalue weighted by atomic mass is 10.3. The zero-order valence-corrected chi connectivity index (χ0v) is 17.1. The van der Waals surface area contributed by atoms with Crippen LogP contribution in [0.1, 0.15) is 0 Å². The summed E-state index contributed by atoms with van der Waals surface area (Å²) in [6.45, 7) is 1.16. The fraction of sp³-hybridized carbons (Fsp3) is 0.278. The smallest absolute Gasteiger partial charge is 0.244 e. The molecule has 28 heavy (non-hydrogen) atoms. The van der Waals surface area contributed by atoms with Crippen molar-refractivity contribution in [3.05, 3.63) is 53.3 Å². The second-order valence-corrected chi connectivity index (χ2v) is 9.31. The minimum absolute atomic E-state index is 0.0555. The molecule has 1 aliphatic heterocycles. The van der Waals surface area contributed by atoms with E-state index in [4.69, 9.17) is 16.3 Å². The summed E-state index contributed by atoms with van der Waals surface area (Å²) in [6.07, 6.45) is 0. The van der Waals surface area contributed by atoms with Gasteiger partial charge in [0.25, 0.3) is 0 Å². The first-order chi connectivity index (χ1) is 13.4. The van der Waals surface area contributed by atoms with Crippen molar-refractivity contribution in [2.75, 3.05) is 37.4 Å². The molecule has 1 aliphatic rings. The van der Waals surface area contributed by atoms with E-state index in [0.717, 1.165) is 4.90 Å². The Labute approximate surface area is 172 Å². The van der Waals surface area contributed by atoms with Crippen LogP contribution >= 0.6 is 23.4 Å². The lowest BCUT2D eigenvalue weighted by Gasteiger charge is -2.26. The summed E-state index contributed by atoms with van der Waals surface area (Å²) in [7, 11) is -3.78. The Morgan fingerprint density at radius 1 is 1.18 bits per heavy atom. The number of carbonyl (C=O) groups excluding carboxylic acids is 1. The standard InChI is InChI=1S/C18H18ClFN2O4S2/c19-16-6-3-14(11-17(16)28(24,25)22-7-9-26-10-8-22)21-18(23)12-27-15-4-1-13(20)2-5-15/h1-6,11H,7-10,12H2,(H,21,23). The first kappa shape index (κ1) is 21.1. The average molecular weight is 445 g/mol. The first-order valence-electron chi connectivity index (χ1n) is 8.42. The Balaban J connectivity index is 1.68. The Bertz CT molecular complexity index is 949. The maximum Gasteiger partial charge on any atom is 0.244 e. The summed E-state index contributed by atoms with van der Waals surface area (Å²) in [4.78, 5) is 12.9. The van der Waals surface area contributed by atoms with Gasteiger partial charge < -0.3 is 10.1 Å². The number of hydrogen-bond acceptors (Lipinski definition) is 5. The normalized spacial score (nSPS) is 15.4. The molecule has 1 heterocycles. The Morgan fingerprint density at radius 2 is 1.86 bits per heavy atom.